The fourth-order valence-corrected chi connectivity index (χ4v) is 2.12. The van der Waals surface area contributed by atoms with Crippen molar-refractivity contribution in [2.24, 2.45) is 0 Å². The molecule has 2 aromatic heterocycles. The summed E-state index contributed by atoms with van der Waals surface area (Å²) in [5.74, 6) is 0.877. The third-order valence-electron chi connectivity index (χ3n) is 3.29. The van der Waals surface area contributed by atoms with E-state index in [9.17, 15) is 4.79 Å². The van der Waals surface area contributed by atoms with E-state index in [1.807, 2.05) is 24.3 Å². The number of furan rings is 1. The molecule has 2 heterocycles. The number of amides is 1. The average molecular weight is 269 g/mol. The van der Waals surface area contributed by atoms with Crippen molar-refractivity contribution >= 4 is 16.9 Å². The average Bonchev–Trinajstić information content (AvgIpc) is 3.13. The van der Waals surface area contributed by atoms with Crippen molar-refractivity contribution in [3.05, 3.63) is 54.2 Å². The molecule has 0 bridgehead atoms. The second-order valence-corrected chi connectivity index (χ2v) is 4.69. The Morgan fingerprint density at radius 3 is 3.10 bits per heavy atom. The van der Waals surface area contributed by atoms with Crippen LogP contribution in [-0.4, -0.2) is 34.4 Å². The molecular formula is C15H15N3O2. The summed E-state index contributed by atoms with van der Waals surface area (Å²) in [6, 6.07) is 9.24. The Balaban J connectivity index is 1.70. The number of aromatic amines is 1. The maximum Gasteiger partial charge on any atom is 0.253 e. The number of likely N-dealkylation sites (N-methyl/N-ethyl adjacent to an activating group) is 1. The van der Waals surface area contributed by atoms with Gasteiger partial charge in [-0.3, -0.25) is 4.79 Å². The highest BCUT2D eigenvalue weighted by Crippen LogP contribution is 2.13. The minimum Gasteiger partial charge on any atom is -0.469 e. The van der Waals surface area contributed by atoms with Crippen molar-refractivity contribution in [1.82, 2.24) is 14.9 Å². The summed E-state index contributed by atoms with van der Waals surface area (Å²) in [4.78, 5) is 21.2. The summed E-state index contributed by atoms with van der Waals surface area (Å²) in [7, 11) is 1.79. The summed E-state index contributed by atoms with van der Waals surface area (Å²) in [6.45, 7) is 0.618. The molecule has 0 spiro atoms. The normalized spacial score (nSPS) is 10.8. The van der Waals surface area contributed by atoms with Crippen LogP contribution in [0, 0.1) is 0 Å². The topological polar surface area (TPSA) is 62.1 Å². The predicted octanol–water partition coefficient (Wildman–Crippen LogP) is 2.47. The lowest BCUT2D eigenvalue weighted by Crippen LogP contribution is -2.28. The second-order valence-electron chi connectivity index (χ2n) is 4.69. The van der Waals surface area contributed by atoms with Crippen molar-refractivity contribution < 1.29 is 9.21 Å². The number of hydrogen-bond donors (Lipinski definition) is 1. The molecule has 0 atom stereocenters. The Morgan fingerprint density at radius 1 is 1.40 bits per heavy atom. The van der Waals surface area contributed by atoms with Gasteiger partial charge in [0.15, 0.2) is 0 Å². The van der Waals surface area contributed by atoms with E-state index in [1.54, 1.807) is 30.6 Å². The van der Waals surface area contributed by atoms with Gasteiger partial charge in [0.05, 0.1) is 23.6 Å². The van der Waals surface area contributed by atoms with Crippen LogP contribution in [0.15, 0.2) is 47.3 Å². The molecule has 0 aliphatic heterocycles. The van der Waals surface area contributed by atoms with Gasteiger partial charge in [-0.25, -0.2) is 4.98 Å². The maximum absolute atomic E-state index is 12.3. The molecule has 0 aliphatic carbocycles. The van der Waals surface area contributed by atoms with Crippen molar-refractivity contribution in [1.29, 1.82) is 0 Å². The number of hydrogen-bond acceptors (Lipinski definition) is 3. The van der Waals surface area contributed by atoms with Gasteiger partial charge < -0.3 is 14.3 Å². The number of carbonyl (C=O) groups excluding carboxylic acids is 1. The fourth-order valence-electron chi connectivity index (χ4n) is 2.12. The number of imidazole rings is 1. The first kappa shape index (κ1) is 12.5. The van der Waals surface area contributed by atoms with E-state index in [4.69, 9.17) is 4.42 Å². The maximum atomic E-state index is 12.3. The van der Waals surface area contributed by atoms with Crippen LogP contribution in [0.5, 0.6) is 0 Å². The van der Waals surface area contributed by atoms with Crippen LogP contribution in [0.4, 0.5) is 0 Å². The van der Waals surface area contributed by atoms with E-state index in [0.717, 1.165) is 16.8 Å². The van der Waals surface area contributed by atoms with Crippen molar-refractivity contribution in [2.75, 3.05) is 13.6 Å². The zero-order valence-electron chi connectivity index (χ0n) is 11.2. The first-order chi connectivity index (χ1) is 9.74. The van der Waals surface area contributed by atoms with Gasteiger partial charge in [0.25, 0.3) is 5.91 Å². The zero-order valence-corrected chi connectivity index (χ0v) is 11.2. The number of H-pyrrole nitrogens is 1. The molecule has 0 unspecified atom stereocenters. The van der Waals surface area contributed by atoms with Gasteiger partial charge in [-0.15, -0.1) is 0 Å². The standard InChI is InChI=1S/C15H15N3O2/c1-18(7-6-12-3-2-8-20-12)15(19)11-4-5-13-14(9-11)17-10-16-13/h2-5,8-10H,6-7H2,1H3,(H,16,17). The highest BCUT2D eigenvalue weighted by Gasteiger charge is 2.13. The van der Waals surface area contributed by atoms with Gasteiger partial charge in [0.2, 0.25) is 0 Å². The minimum atomic E-state index is -0.00643. The molecule has 0 saturated carbocycles. The smallest absolute Gasteiger partial charge is 0.253 e. The third-order valence-corrected chi connectivity index (χ3v) is 3.29. The molecule has 1 aromatic carbocycles. The molecule has 3 rings (SSSR count). The molecule has 20 heavy (non-hydrogen) atoms. The van der Waals surface area contributed by atoms with Gasteiger partial charge in [0.1, 0.15) is 5.76 Å². The fraction of sp³-hybridized carbons (Fsp3) is 0.200. The Kier molecular flexibility index (Phi) is 3.25. The van der Waals surface area contributed by atoms with Crippen LogP contribution in [0.1, 0.15) is 16.1 Å². The van der Waals surface area contributed by atoms with E-state index in [1.165, 1.54) is 0 Å². The van der Waals surface area contributed by atoms with Crippen LogP contribution in [0.3, 0.4) is 0 Å². The number of nitrogens with one attached hydrogen (secondary N) is 1. The van der Waals surface area contributed by atoms with Gasteiger partial charge >= 0.3 is 0 Å². The van der Waals surface area contributed by atoms with Crippen LogP contribution in [0.25, 0.3) is 11.0 Å². The number of rotatable bonds is 4. The molecule has 102 valence electrons. The summed E-state index contributed by atoms with van der Waals surface area (Å²) in [5, 5.41) is 0. The van der Waals surface area contributed by atoms with E-state index >= 15 is 0 Å². The molecule has 0 saturated heterocycles. The van der Waals surface area contributed by atoms with Crippen LogP contribution < -0.4 is 0 Å². The van der Waals surface area contributed by atoms with E-state index in [0.29, 0.717) is 18.5 Å². The van der Waals surface area contributed by atoms with Crippen LogP contribution in [0.2, 0.25) is 0 Å². The predicted molar refractivity (Wildman–Crippen MR) is 75.5 cm³/mol. The van der Waals surface area contributed by atoms with E-state index < -0.39 is 0 Å². The summed E-state index contributed by atoms with van der Waals surface area (Å²) < 4.78 is 5.27. The monoisotopic (exact) mass is 269 g/mol. The molecule has 5 nitrogen and oxygen atoms in total. The first-order valence-corrected chi connectivity index (χ1v) is 6.45. The van der Waals surface area contributed by atoms with Gasteiger partial charge in [-0.05, 0) is 30.3 Å². The lowest BCUT2D eigenvalue weighted by atomic mass is 10.1. The van der Waals surface area contributed by atoms with Gasteiger partial charge in [0, 0.05) is 25.6 Å². The van der Waals surface area contributed by atoms with Gasteiger partial charge in [-0.1, -0.05) is 0 Å². The number of benzene rings is 1. The first-order valence-electron chi connectivity index (χ1n) is 6.45. The Hall–Kier alpha value is -2.56. The van der Waals surface area contributed by atoms with Crippen molar-refractivity contribution in [2.45, 2.75) is 6.42 Å². The number of nitrogens with zero attached hydrogens (tertiary/aromatic N) is 2. The SMILES string of the molecule is CN(CCc1ccco1)C(=O)c1ccc2nc[nH]c2c1. The third kappa shape index (κ3) is 2.42. The Labute approximate surface area is 116 Å². The van der Waals surface area contributed by atoms with Crippen molar-refractivity contribution in [3.63, 3.8) is 0 Å². The minimum absolute atomic E-state index is 0.00643. The summed E-state index contributed by atoms with van der Waals surface area (Å²) in [5.41, 5.74) is 2.39. The quantitative estimate of drug-likeness (QED) is 0.791. The highest BCUT2D eigenvalue weighted by atomic mass is 16.3. The number of fused-ring (bicyclic) bond motifs is 1. The second kappa shape index (κ2) is 5.21. The number of carbonyl (C=O) groups is 1. The van der Waals surface area contributed by atoms with E-state index in [2.05, 4.69) is 9.97 Å². The van der Waals surface area contributed by atoms with Crippen LogP contribution >= 0.6 is 0 Å². The van der Waals surface area contributed by atoms with Crippen LogP contribution in [-0.2, 0) is 6.42 Å². The zero-order chi connectivity index (χ0) is 13.9. The molecule has 0 radical (unpaired) electrons. The molecule has 0 aliphatic rings. The molecule has 5 heteroatoms. The molecule has 3 aromatic rings. The molecule has 1 N–H and O–H groups in total. The van der Waals surface area contributed by atoms with Crippen molar-refractivity contribution in [3.8, 4) is 0 Å². The molecular weight excluding hydrogens is 254 g/mol. The Bertz CT molecular complexity index is 716. The lowest BCUT2D eigenvalue weighted by Gasteiger charge is -2.16. The summed E-state index contributed by atoms with van der Waals surface area (Å²) >= 11 is 0. The Morgan fingerprint density at radius 2 is 2.30 bits per heavy atom. The molecule has 1 amide bonds. The number of aromatic nitrogens is 2. The van der Waals surface area contributed by atoms with Gasteiger partial charge in [-0.2, -0.15) is 0 Å². The lowest BCUT2D eigenvalue weighted by molar-refractivity contribution is 0.0795. The largest absolute Gasteiger partial charge is 0.469 e. The molecule has 0 fully saturated rings. The highest BCUT2D eigenvalue weighted by molar-refractivity contribution is 5.97. The summed E-state index contributed by atoms with van der Waals surface area (Å²) in [6.07, 6.45) is 3.98. The van der Waals surface area contributed by atoms with E-state index in [-0.39, 0.29) is 5.91 Å².